The maximum atomic E-state index is 12.4. The number of hydrogen-bond acceptors (Lipinski definition) is 5. The molecule has 0 saturated heterocycles. The summed E-state index contributed by atoms with van der Waals surface area (Å²) in [6, 6.07) is 6.71. The highest BCUT2D eigenvalue weighted by atomic mass is 19.4. The molecule has 2 heterocycles. The van der Waals surface area contributed by atoms with Gasteiger partial charge in [0.1, 0.15) is 12.3 Å². The van der Waals surface area contributed by atoms with Crippen LogP contribution in [0.3, 0.4) is 0 Å². The van der Waals surface area contributed by atoms with Crippen molar-refractivity contribution >= 4 is 16.9 Å². The topological polar surface area (TPSA) is 79.9 Å². The summed E-state index contributed by atoms with van der Waals surface area (Å²) in [5, 5.41) is 2.62. The lowest BCUT2D eigenvalue weighted by atomic mass is 10.0. The Kier molecular flexibility index (Phi) is 4.30. The lowest BCUT2D eigenvalue weighted by Crippen LogP contribution is -2.22. The van der Waals surface area contributed by atoms with Crippen molar-refractivity contribution in [1.29, 1.82) is 0 Å². The van der Waals surface area contributed by atoms with Gasteiger partial charge < -0.3 is 15.0 Å². The van der Waals surface area contributed by atoms with E-state index in [9.17, 15) is 18.0 Å². The number of pyridine rings is 1. The van der Waals surface area contributed by atoms with Crippen LogP contribution < -0.4 is 15.6 Å². The Morgan fingerprint density at radius 1 is 1.24 bits per heavy atom. The number of anilines is 1. The number of aromatic nitrogens is 3. The van der Waals surface area contributed by atoms with Gasteiger partial charge in [0.2, 0.25) is 5.95 Å². The van der Waals surface area contributed by atoms with Gasteiger partial charge in [-0.25, -0.2) is 9.97 Å². The highest BCUT2D eigenvalue weighted by molar-refractivity contribution is 5.92. The van der Waals surface area contributed by atoms with E-state index in [2.05, 4.69) is 20.3 Å². The van der Waals surface area contributed by atoms with E-state index in [-0.39, 0.29) is 17.0 Å². The van der Waals surface area contributed by atoms with E-state index < -0.39 is 18.3 Å². The zero-order chi connectivity index (χ0) is 18.0. The molecule has 3 rings (SSSR count). The van der Waals surface area contributed by atoms with Gasteiger partial charge >= 0.3 is 6.18 Å². The molecule has 3 aromatic rings. The smallest absolute Gasteiger partial charge is 0.405 e. The van der Waals surface area contributed by atoms with Crippen LogP contribution in [0.4, 0.5) is 19.1 Å². The second-order valence-electron chi connectivity index (χ2n) is 5.19. The monoisotopic (exact) mass is 350 g/mol. The third-order valence-corrected chi connectivity index (χ3v) is 3.47. The Morgan fingerprint density at radius 3 is 2.60 bits per heavy atom. The second kappa shape index (κ2) is 6.42. The number of aromatic amines is 1. The molecular weight excluding hydrogens is 337 g/mol. The standard InChI is InChI=1S/C16H13F3N4O2/c1-25-11-4-2-9(3-5-11)12-13-10(6-20-14(12)24)7-21-15(23-13)22-8-16(17,18)19/h2-7H,8H2,1H3,(H,20,24)(H,21,22,23). The predicted molar refractivity (Wildman–Crippen MR) is 86.7 cm³/mol. The number of ether oxygens (including phenoxy) is 1. The average Bonchev–Trinajstić information content (AvgIpc) is 2.59. The van der Waals surface area contributed by atoms with Crippen LogP contribution in [0.2, 0.25) is 0 Å². The molecule has 0 atom stereocenters. The highest BCUT2D eigenvalue weighted by Crippen LogP contribution is 2.26. The number of fused-ring (bicyclic) bond motifs is 1. The van der Waals surface area contributed by atoms with Gasteiger partial charge in [0, 0.05) is 17.8 Å². The van der Waals surface area contributed by atoms with Crippen molar-refractivity contribution in [3.05, 3.63) is 47.0 Å². The Bertz CT molecular complexity index is 952. The van der Waals surface area contributed by atoms with E-state index in [1.54, 1.807) is 24.3 Å². The molecule has 0 unspecified atom stereocenters. The Hall–Kier alpha value is -3.10. The number of alkyl halides is 3. The first kappa shape index (κ1) is 16.7. The molecule has 9 heteroatoms. The second-order valence-corrected chi connectivity index (χ2v) is 5.19. The van der Waals surface area contributed by atoms with Crippen LogP contribution in [-0.2, 0) is 0 Å². The minimum Gasteiger partial charge on any atom is -0.497 e. The maximum absolute atomic E-state index is 12.4. The SMILES string of the molecule is COc1ccc(-c2c(=O)[nH]cc3cnc(NCC(F)(F)F)nc23)cc1. The molecule has 0 aliphatic heterocycles. The largest absolute Gasteiger partial charge is 0.497 e. The van der Waals surface area contributed by atoms with Crippen molar-refractivity contribution in [2.24, 2.45) is 0 Å². The van der Waals surface area contributed by atoms with Crippen LogP contribution in [0.15, 0.2) is 41.5 Å². The van der Waals surface area contributed by atoms with E-state index in [0.29, 0.717) is 16.7 Å². The van der Waals surface area contributed by atoms with Crippen molar-refractivity contribution in [3.63, 3.8) is 0 Å². The minimum absolute atomic E-state index is 0.204. The van der Waals surface area contributed by atoms with Crippen LogP contribution >= 0.6 is 0 Å². The number of rotatable bonds is 4. The fraction of sp³-hybridized carbons (Fsp3) is 0.188. The lowest BCUT2D eigenvalue weighted by Gasteiger charge is -2.10. The van der Waals surface area contributed by atoms with Crippen molar-refractivity contribution < 1.29 is 17.9 Å². The molecule has 2 N–H and O–H groups in total. The van der Waals surface area contributed by atoms with Gasteiger partial charge in [-0.2, -0.15) is 13.2 Å². The summed E-state index contributed by atoms with van der Waals surface area (Å²) in [6.45, 7) is -1.26. The Labute approximate surface area is 139 Å². The number of H-pyrrole nitrogens is 1. The summed E-state index contributed by atoms with van der Waals surface area (Å²) in [4.78, 5) is 22.8. The third-order valence-electron chi connectivity index (χ3n) is 3.47. The molecule has 2 aromatic heterocycles. The summed E-state index contributed by atoms with van der Waals surface area (Å²) < 4.78 is 42.1. The first-order chi connectivity index (χ1) is 11.9. The van der Waals surface area contributed by atoms with Crippen LogP contribution in [0.25, 0.3) is 22.0 Å². The molecular formula is C16H13F3N4O2. The first-order valence-corrected chi connectivity index (χ1v) is 7.21. The van der Waals surface area contributed by atoms with Crippen LogP contribution in [0.5, 0.6) is 5.75 Å². The summed E-state index contributed by atoms with van der Waals surface area (Å²) in [5.74, 6) is 0.410. The molecule has 130 valence electrons. The predicted octanol–water partition coefficient (Wildman–Crippen LogP) is 2.97. The van der Waals surface area contributed by atoms with Gasteiger partial charge in [-0.15, -0.1) is 0 Å². The zero-order valence-corrected chi connectivity index (χ0v) is 13.0. The van der Waals surface area contributed by atoms with Crippen molar-refractivity contribution in [3.8, 4) is 16.9 Å². The number of halogens is 3. The maximum Gasteiger partial charge on any atom is 0.405 e. The van der Waals surface area contributed by atoms with E-state index in [4.69, 9.17) is 4.74 Å². The summed E-state index contributed by atoms with van der Waals surface area (Å²) in [5.41, 5.74) is 0.664. The third kappa shape index (κ3) is 3.70. The summed E-state index contributed by atoms with van der Waals surface area (Å²) >= 11 is 0. The van der Waals surface area contributed by atoms with Gasteiger partial charge in [-0.05, 0) is 17.7 Å². The summed E-state index contributed by atoms with van der Waals surface area (Å²) in [7, 11) is 1.52. The summed E-state index contributed by atoms with van der Waals surface area (Å²) in [6.07, 6.45) is -1.63. The van der Waals surface area contributed by atoms with Gasteiger partial charge in [0.05, 0.1) is 18.2 Å². The molecule has 0 fully saturated rings. The fourth-order valence-corrected chi connectivity index (χ4v) is 2.31. The number of benzene rings is 1. The first-order valence-electron chi connectivity index (χ1n) is 7.21. The Balaban J connectivity index is 2.09. The van der Waals surface area contributed by atoms with E-state index in [0.717, 1.165) is 0 Å². The number of methoxy groups -OCH3 is 1. The number of nitrogens with zero attached hydrogens (tertiary/aromatic N) is 2. The lowest BCUT2D eigenvalue weighted by molar-refractivity contribution is -0.115. The zero-order valence-electron chi connectivity index (χ0n) is 13.0. The van der Waals surface area contributed by atoms with Gasteiger partial charge in [-0.1, -0.05) is 12.1 Å². The molecule has 0 bridgehead atoms. The number of nitrogens with one attached hydrogen (secondary N) is 2. The van der Waals surface area contributed by atoms with E-state index in [1.165, 1.54) is 19.5 Å². The molecule has 0 aliphatic carbocycles. The molecule has 6 nitrogen and oxygen atoms in total. The van der Waals surface area contributed by atoms with E-state index in [1.807, 2.05) is 0 Å². The van der Waals surface area contributed by atoms with Gasteiger partial charge in [0.15, 0.2) is 0 Å². The molecule has 0 radical (unpaired) electrons. The normalized spacial score (nSPS) is 11.5. The van der Waals surface area contributed by atoms with Crippen molar-refractivity contribution in [2.45, 2.75) is 6.18 Å². The van der Waals surface area contributed by atoms with Crippen molar-refractivity contribution in [2.75, 3.05) is 19.0 Å². The van der Waals surface area contributed by atoms with Crippen LogP contribution in [0.1, 0.15) is 0 Å². The van der Waals surface area contributed by atoms with Crippen LogP contribution in [0, 0.1) is 0 Å². The fourth-order valence-electron chi connectivity index (χ4n) is 2.31. The molecule has 0 saturated carbocycles. The molecule has 25 heavy (non-hydrogen) atoms. The van der Waals surface area contributed by atoms with Crippen LogP contribution in [-0.4, -0.2) is 34.8 Å². The molecule has 0 spiro atoms. The van der Waals surface area contributed by atoms with Gasteiger partial charge in [-0.3, -0.25) is 4.79 Å². The van der Waals surface area contributed by atoms with E-state index >= 15 is 0 Å². The highest BCUT2D eigenvalue weighted by Gasteiger charge is 2.27. The molecule has 0 aliphatic rings. The quantitative estimate of drug-likeness (QED) is 0.756. The number of hydrogen-bond donors (Lipinski definition) is 2. The average molecular weight is 350 g/mol. The van der Waals surface area contributed by atoms with Gasteiger partial charge in [0.25, 0.3) is 5.56 Å². The minimum atomic E-state index is -4.40. The Morgan fingerprint density at radius 2 is 1.96 bits per heavy atom. The molecule has 0 amide bonds. The molecule has 1 aromatic carbocycles. The van der Waals surface area contributed by atoms with Crippen molar-refractivity contribution in [1.82, 2.24) is 15.0 Å².